The van der Waals surface area contributed by atoms with Crippen LogP contribution in [0, 0.1) is 4.91 Å². The molecule has 1 aromatic carbocycles. The predicted molar refractivity (Wildman–Crippen MR) is 78.8 cm³/mol. The van der Waals surface area contributed by atoms with Gasteiger partial charge in [-0.1, -0.05) is 6.07 Å². The molecule has 0 radical (unpaired) electrons. The molecular weight excluding hydrogens is 304 g/mol. The Bertz CT molecular complexity index is 657. The molecule has 2 rings (SSSR count). The Labute approximate surface area is 132 Å². The number of carbonyl (C=O) groups is 3. The summed E-state index contributed by atoms with van der Waals surface area (Å²) in [5.74, 6) is -1.51. The number of hydrogen-bond acceptors (Lipinski definition) is 7. The van der Waals surface area contributed by atoms with Gasteiger partial charge in [-0.05, 0) is 23.7 Å². The van der Waals surface area contributed by atoms with Crippen LogP contribution in [0.15, 0.2) is 23.4 Å². The second-order valence-electron chi connectivity index (χ2n) is 4.98. The second-order valence-corrected chi connectivity index (χ2v) is 4.98. The van der Waals surface area contributed by atoms with Gasteiger partial charge in [0.1, 0.15) is 11.7 Å². The zero-order valence-electron chi connectivity index (χ0n) is 12.8. The largest absolute Gasteiger partial charge is 0.469 e. The van der Waals surface area contributed by atoms with Crippen molar-refractivity contribution >= 4 is 23.5 Å². The fourth-order valence-corrected chi connectivity index (χ4v) is 2.57. The van der Waals surface area contributed by atoms with Crippen LogP contribution in [0.5, 0.6) is 0 Å². The number of hydrogen-bond donors (Lipinski definition) is 0. The molecule has 0 bridgehead atoms. The Hall–Kier alpha value is -2.77. The van der Waals surface area contributed by atoms with Crippen molar-refractivity contribution in [2.75, 3.05) is 14.2 Å². The molecule has 0 spiro atoms. The number of methoxy groups -OCH3 is 2. The summed E-state index contributed by atoms with van der Waals surface area (Å²) >= 11 is 0. The van der Waals surface area contributed by atoms with Crippen LogP contribution in [-0.2, 0) is 25.6 Å². The van der Waals surface area contributed by atoms with Gasteiger partial charge in [-0.2, -0.15) is 0 Å². The summed E-state index contributed by atoms with van der Waals surface area (Å²) in [6.45, 7) is 0.0665. The maximum Gasteiger partial charge on any atom is 0.328 e. The minimum Gasteiger partial charge on any atom is -0.469 e. The first-order chi connectivity index (χ1) is 11.0. The maximum atomic E-state index is 12.5. The summed E-state index contributed by atoms with van der Waals surface area (Å²) in [5.41, 5.74) is 0.962. The van der Waals surface area contributed by atoms with Gasteiger partial charge in [0.15, 0.2) is 0 Å². The van der Waals surface area contributed by atoms with Gasteiger partial charge in [0.2, 0.25) is 0 Å². The summed E-state index contributed by atoms with van der Waals surface area (Å²) in [6, 6.07) is 3.70. The van der Waals surface area contributed by atoms with E-state index in [2.05, 4.69) is 9.91 Å². The topological polar surface area (TPSA) is 102 Å². The van der Waals surface area contributed by atoms with E-state index in [1.54, 1.807) is 12.1 Å². The molecule has 0 N–H and O–H groups in total. The number of fused-ring (bicyclic) bond motifs is 1. The summed E-state index contributed by atoms with van der Waals surface area (Å²) in [5, 5.41) is 2.90. The molecule has 0 saturated carbocycles. The first-order valence-electron chi connectivity index (χ1n) is 6.94. The average Bonchev–Trinajstić information content (AvgIpc) is 2.91. The van der Waals surface area contributed by atoms with Gasteiger partial charge in [0.05, 0.1) is 14.2 Å². The van der Waals surface area contributed by atoms with Crippen molar-refractivity contribution in [3.05, 3.63) is 34.2 Å². The Morgan fingerprint density at radius 2 is 2.04 bits per heavy atom. The van der Waals surface area contributed by atoms with Gasteiger partial charge in [-0.25, -0.2) is 4.79 Å². The van der Waals surface area contributed by atoms with E-state index in [4.69, 9.17) is 4.74 Å². The van der Waals surface area contributed by atoms with Gasteiger partial charge in [0, 0.05) is 24.1 Å². The van der Waals surface area contributed by atoms with E-state index in [0.717, 1.165) is 0 Å². The fraction of sp³-hybridized carbons (Fsp3) is 0.400. The highest BCUT2D eigenvalue weighted by atomic mass is 16.5. The lowest BCUT2D eigenvalue weighted by Crippen LogP contribution is -2.42. The molecule has 0 saturated heterocycles. The van der Waals surface area contributed by atoms with E-state index in [1.807, 2.05) is 0 Å². The summed E-state index contributed by atoms with van der Waals surface area (Å²) in [7, 11) is 2.45. The van der Waals surface area contributed by atoms with E-state index < -0.39 is 23.9 Å². The van der Waals surface area contributed by atoms with Gasteiger partial charge >= 0.3 is 11.9 Å². The molecule has 1 aliphatic rings. The summed E-state index contributed by atoms with van der Waals surface area (Å²) < 4.78 is 9.28. The van der Waals surface area contributed by atoms with Crippen LogP contribution >= 0.6 is 0 Å². The molecule has 1 aliphatic heterocycles. The Balaban J connectivity index is 2.27. The van der Waals surface area contributed by atoms with Crippen LogP contribution in [0.3, 0.4) is 0 Å². The minimum atomic E-state index is -0.932. The third-order valence-corrected chi connectivity index (χ3v) is 3.77. The first-order valence-corrected chi connectivity index (χ1v) is 6.94. The molecule has 0 fully saturated rings. The zero-order valence-corrected chi connectivity index (χ0v) is 12.8. The average molecular weight is 320 g/mol. The number of nitroso groups, excluding NO2 is 1. The van der Waals surface area contributed by atoms with Crippen molar-refractivity contribution in [2.45, 2.75) is 25.4 Å². The molecule has 23 heavy (non-hydrogen) atoms. The van der Waals surface area contributed by atoms with Gasteiger partial charge in [-0.3, -0.25) is 9.59 Å². The fourth-order valence-electron chi connectivity index (χ4n) is 2.57. The molecule has 1 heterocycles. The van der Waals surface area contributed by atoms with E-state index in [1.165, 1.54) is 25.2 Å². The number of benzene rings is 1. The maximum absolute atomic E-state index is 12.5. The molecule has 0 aliphatic carbocycles. The molecule has 1 amide bonds. The summed E-state index contributed by atoms with van der Waals surface area (Å²) in [4.78, 5) is 48.0. The molecule has 1 aromatic rings. The monoisotopic (exact) mass is 320 g/mol. The second kappa shape index (κ2) is 6.99. The highest BCUT2D eigenvalue weighted by Gasteiger charge is 2.38. The van der Waals surface area contributed by atoms with Crippen molar-refractivity contribution in [3.63, 3.8) is 0 Å². The highest BCUT2D eigenvalue weighted by Crippen LogP contribution is 2.33. The third kappa shape index (κ3) is 3.20. The number of rotatable bonds is 6. The number of amides is 1. The van der Waals surface area contributed by atoms with Crippen LogP contribution in [0.1, 0.15) is 28.8 Å². The highest BCUT2D eigenvalue weighted by molar-refractivity contribution is 6.01. The Morgan fingerprint density at radius 1 is 1.30 bits per heavy atom. The molecule has 0 aromatic heterocycles. The van der Waals surface area contributed by atoms with Crippen molar-refractivity contribution in [2.24, 2.45) is 5.18 Å². The molecule has 122 valence electrons. The Morgan fingerprint density at radius 3 is 2.65 bits per heavy atom. The van der Waals surface area contributed by atoms with Gasteiger partial charge < -0.3 is 14.4 Å². The van der Waals surface area contributed by atoms with Crippen molar-refractivity contribution < 1.29 is 23.9 Å². The standard InChI is InChI=1S/C15H16N2O6/c1-22-13(18)7-6-12(15(20)23-2)17-8-10-9(14(17)19)4-3-5-11(10)16-21/h3-5,12H,6-8H2,1-2H3. The Kier molecular flexibility index (Phi) is 5.05. The van der Waals surface area contributed by atoms with Crippen LogP contribution in [0.25, 0.3) is 0 Å². The lowest BCUT2D eigenvalue weighted by atomic mass is 10.1. The molecule has 8 heteroatoms. The van der Waals surface area contributed by atoms with Crippen LogP contribution in [0.4, 0.5) is 5.69 Å². The zero-order chi connectivity index (χ0) is 17.0. The predicted octanol–water partition coefficient (Wildman–Crippen LogP) is 1.54. The third-order valence-electron chi connectivity index (χ3n) is 3.77. The van der Waals surface area contributed by atoms with E-state index >= 15 is 0 Å². The lowest BCUT2D eigenvalue weighted by Gasteiger charge is -2.25. The normalized spacial score (nSPS) is 14.2. The summed E-state index contributed by atoms with van der Waals surface area (Å²) in [6.07, 6.45) is 0.0398. The smallest absolute Gasteiger partial charge is 0.328 e. The van der Waals surface area contributed by atoms with Crippen molar-refractivity contribution in [1.82, 2.24) is 4.90 Å². The van der Waals surface area contributed by atoms with E-state index in [9.17, 15) is 19.3 Å². The minimum absolute atomic E-state index is 0.0326. The van der Waals surface area contributed by atoms with Gasteiger partial charge in [-0.15, -0.1) is 4.91 Å². The molecule has 1 unspecified atom stereocenters. The van der Waals surface area contributed by atoms with Crippen molar-refractivity contribution in [1.29, 1.82) is 0 Å². The van der Waals surface area contributed by atoms with Crippen LogP contribution in [0.2, 0.25) is 0 Å². The van der Waals surface area contributed by atoms with Crippen LogP contribution < -0.4 is 0 Å². The van der Waals surface area contributed by atoms with Gasteiger partial charge in [0.25, 0.3) is 5.91 Å². The molecule has 8 nitrogen and oxygen atoms in total. The van der Waals surface area contributed by atoms with E-state index in [-0.39, 0.29) is 25.1 Å². The molecule has 1 atom stereocenters. The first kappa shape index (κ1) is 16.6. The number of carbonyl (C=O) groups excluding carboxylic acids is 3. The number of nitrogens with zero attached hydrogens (tertiary/aromatic N) is 2. The van der Waals surface area contributed by atoms with Crippen molar-refractivity contribution in [3.8, 4) is 0 Å². The van der Waals surface area contributed by atoms with Crippen LogP contribution in [-0.4, -0.2) is 43.0 Å². The molecular formula is C15H16N2O6. The SMILES string of the molecule is COC(=O)CCC(C(=O)OC)N1Cc2c(N=O)cccc2C1=O. The van der Waals surface area contributed by atoms with E-state index in [0.29, 0.717) is 11.1 Å². The number of ether oxygens (including phenoxy) is 2. The lowest BCUT2D eigenvalue weighted by molar-refractivity contribution is -0.147. The number of esters is 2. The quantitative estimate of drug-likeness (QED) is 0.582.